The monoisotopic (exact) mass is 401 g/mol. The molecule has 29 heavy (non-hydrogen) atoms. The highest BCUT2D eigenvalue weighted by molar-refractivity contribution is 6.13. The second kappa shape index (κ2) is 9.93. The Labute approximate surface area is 170 Å². The molecule has 1 atom stereocenters. The van der Waals surface area contributed by atoms with Gasteiger partial charge in [0.25, 0.3) is 0 Å². The Morgan fingerprint density at radius 2 is 1.76 bits per heavy atom. The average molecular weight is 401 g/mol. The van der Waals surface area contributed by atoms with Crippen molar-refractivity contribution in [3.8, 4) is 17.2 Å². The van der Waals surface area contributed by atoms with Gasteiger partial charge in [-0.3, -0.25) is 9.59 Å². The average Bonchev–Trinajstić information content (AvgIpc) is 2.72. The first-order chi connectivity index (χ1) is 13.8. The first-order valence-corrected chi connectivity index (χ1v) is 9.38. The minimum absolute atomic E-state index is 0.0132. The van der Waals surface area contributed by atoms with E-state index in [1.54, 1.807) is 31.2 Å². The van der Waals surface area contributed by atoms with E-state index in [1.165, 1.54) is 14.2 Å². The number of benzene rings is 2. The van der Waals surface area contributed by atoms with Crippen LogP contribution in [0.1, 0.15) is 46.8 Å². The Hall–Kier alpha value is -3.06. The summed E-state index contributed by atoms with van der Waals surface area (Å²) in [4.78, 5) is 25.9. The summed E-state index contributed by atoms with van der Waals surface area (Å²) in [7, 11) is 3.06. The maximum atomic E-state index is 13.2. The molecular weight excluding hydrogens is 374 g/mol. The van der Waals surface area contributed by atoms with Gasteiger partial charge in [0.15, 0.2) is 5.78 Å². The number of carbonyl (C=O) groups excluding carboxylic acids is 2. The van der Waals surface area contributed by atoms with Gasteiger partial charge in [0.05, 0.1) is 25.2 Å². The Morgan fingerprint density at radius 1 is 1.10 bits per heavy atom. The highest BCUT2D eigenvalue weighted by atomic mass is 16.5. The lowest BCUT2D eigenvalue weighted by Crippen LogP contribution is -2.32. The van der Waals surface area contributed by atoms with Crippen molar-refractivity contribution in [2.24, 2.45) is 0 Å². The van der Waals surface area contributed by atoms with Gasteiger partial charge in [-0.05, 0) is 48.7 Å². The van der Waals surface area contributed by atoms with Crippen LogP contribution in [-0.2, 0) is 16.0 Å². The number of nitrogens with one attached hydrogen (secondary N) is 1. The highest BCUT2D eigenvalue weighted by Crippen LogP contribution is 2.38. The molecule has 2 rings (SSSR count). The first-order valence-electron chi connectivity index (χ1n) is 9.38. The van der Waals surface area contributed by atoms with E-state index in [0.29, 0.717) is 42.0 Å². The van der Waals surface area contributed by atoms with Crippen LogP contribution < -0.4 is 10.1 Å². The molecule has 0 aliphatic rings. The first kappa shape index (κ1) is 22.2. The largest absolute Gasteiger partial charge is 0.508 e. The number of methoxy groups -OCH3 is 2. The van der Waals surface area contributed by atoms with Crippen molar-refractivity contribution in [1.29, 1.82) is 0 Å². The SMILES string of the molecule is CCc1c(O)cc(O)c(C(=O)c2ccc(OC)cc2)c1C(C)C(=O)NCCOC. The predicted molar refractivity (Wildman–Crippen MR) is 109 cm³/mol. The van der Waals surface area contributed by atoms with Crippen LogP contribution in [0.3, 0.4) is 0 Å². The number of hydrogen-bond donors (Lipinski definition) is 3. The van der Waals surface area contributed by atoms with E-state index in [0.717, 1.165) is 6.07 Å². The van der Waals surface area contributed by atoms with Crippen molar-refractivity contribution in [1.82, 2.24) is 5.32 Å². The van der Waals surface area contributed by atoms with Crippen molar-refractivity contribution < 1.29 is 29.3 Å². The number of phenols is 2. The van der Waals surface area contributed by atoms with Crippen molar-refractivity contribution in [3.63, 3.8) is 0 Å². The molecule has 0 aliphatic heterocycles. The van der Waals surface area contributed by atoms with Crippen LogP contribution in [-0.4, -0.2) is 49.3 Å². The topological polar surface area (TPSA) is 105 Å². The molecule has 156 valence electrons. The number of carbonyl (C=O) groups is 2. The van der Waals surface area contributed by atoms with E-state index in [9.17, 15) is 19.8 Å². The Bertz CT molecular complexity index is 876. The van der Waals surface area contributed by atoms with Gasteiger partial charge >= 0.3 is 0 Å². The molecule has 0 fully saturated rings. The van der Waals surface area contributed by atoms with Crippen molar-refractivity contribution in [2.75, 3.05) is 27.4 Å². The normalized spacial score (nSPS) is 11.7. The van der Waals surface area contributed by atoms with E-state index >= 15 is 0 Å². The quantitative estimate of drug-likeness (QED) is 0.441. The molecule has 1 amide bonds. The summed E-state index contributed by atoms with van der Waals surface area (Å²) in [6.45, 7) is 4.11. The lowest BCUT2D eigenvalue weighted by Gasteiger charge is -2.21. The summed E-state index contributed by atoms with van der Waals surface area (Å²) in [6.07, 6.45) is 0.389. The number of amides is 1. The van der Waals surface area contributed by atoms with Gasteiger partial charge in [0.1, 0.15) is 17.2 Å². The molecule has 0 spiro atoms. The molecule has 0 saturated heterocycles. The zero-order valence-corrected chi connectivity index (χ0v) is 17.1. The van der Waals surface area contributed by atoms with Crippen LogP contribution in [0.5, 0.6) is 17.2 Å². The third-order valence-corrected chi connectivity index (χ3v) is 4.80. The fraction of sp³-hybridized carbons (Fsp3) is 0.364. The molecule has 0 aliphatic carbocycles. The van der Waals surface area contributed by atoms with Gasteiger partial charge in [0.2, 0.25) is 5.91 Å². The zero-order chi connectivity index (χ0) is 21.6. The molecule has 3 N–H and O–H groups in total. The van der Waals surface area contributed by atoms with Gasteiger partial charge < -0.3 is 25.0 Å². The summed E-state index contributed by atoms with van der Waals surface area (Å²) >= 11 is 0. The second-order valence-corrected chi connectivity index (χ2v) is 6.60. The lowest BCUT2D eigenvalue weighted by molar-refractivity contribution is -0.122. The van der Waals surface area contributed by atoms with E-state index in [4.69, 9.17) is 9.47 Å². The zero-order valence-electron chi connectivity index (χ0n) is 17.1. The summed E-state index contributed by atoms with van der Waals surface area (Å²) in [5, 5.41) is 23.6. The molecule has 0 heterocycles. The minimum atomic E-state index is -0.767. The molecule has 0 saturated carbocycles. The number of ketones is 1. The minimum Gasteiger partial charge on any atom is -0.508 e. The van der Waals surface area contributed by atoms with E-state index in [2.05, 4.69) is 5.32 Å². The van der Waals surface area contributed by atoms with Crippen LogP contribution in [0.2, 0.25) is 0 Å². The Kier molecular flexibility index (Phi) is 7.61. The number of hydrogen-bond acceptors (Lipinski definition) is 6. The number of phenolic OH excluding ortho intramolecular Hbond substituents is 2. The Morgan fingerprint density at radius 3 is 2.31 bits per heavy atom. The van der Waals surface area contributed by atoms with Gasteiger partial charge in [-0.15, -0.1) is 0 Å². The van der Waals surface area contributed by atoms with E-state index in [1.807, 2.05) is 6.92 Å². The van der Waals surface area contributed by atoms with E-state index < -0.39 is 11.7 Å². The number of aromatic hydroxyl groups is 2. The predicted octanol–water partition coefficient (Wildman–Crippen LogP) is 2.77. The molecule has 0 bridgehead atoms. The molecule has 7 nitrogen and oxygen atoms in total. The third-order valence-electron chi connectivity index (χ3n) is 4.80. The number of ether oxygens (including phenoxy) is 2. The maximum absolute atomic E-state index is 13.2. The summed E-state index contributed by atoms with van der Waals surface area (Å²) in [5.41, 5.74) is 1.12. The van der Waals surface area contributed by atoms with Gasteiger partial charge in [-0.25, -0.2) is 0 Å². The molecule has 7 heteroatoms. The molecular formula is C22H27NO6. The van der Waals surface area contributed by atoms with Crippen LogP contribution in [0.15, 0.2) is 30.3 Å². The van der Waals surface area contributed by atoms with Crippen LogP contribution in [0.4, 0.5) is 0 Å². The van der Waals surface area contributed by atoms with Crippen molar-refractivity contribution in [3.05, 3.63) is 52.6 Å². The summed E-state index contributed by atoms with van der Waals surface area (Å²) < 4.78 is 10.1. The molecule has 2 aromatic carbocycles. The fourth-order valence-electron chi connectivity index (χ4n) is 3.25. The van der Waals surface area contributed by atoms with Crippen LogP contribution in [0, 0.1) is 0 Å². The van der Waals surface area contributed by atoms with Crippen molar-refractivity contribution in [2.45, 2.75) is 26.2 Å². The highest BCUT2D eigenvalue weighted by Gasteiger charge is 2.29. The standard InChI is InChI=1S/C22H27NO6/c1-5-16-17(24)12-18(25)20(19(16)13(2)22(27)23-10-11-28-3)21(26)14-6-8-15(29-4)9-7-14/h6-9,12-13,24-25H,5,10-11H2,1-4H3,(H,23,27). The lowest BCUT2D eigenvalue weighted by atomic mass is 9.84. The molecule has 0 aromatic heterocycles. The summed E-state index contributed by atoms with van der Waals surface area (Å²) in [6, 6.07) is 7.62. The molecule has 1 unspecified atom stereocenters. The van der Waals surface area contributed by atoms with Crippen LogP contribution >= 0.6 is 0 Å². The van der Waals surface area contributed by atoms with Crippen LogP contribution in [0.25, 0.3) is 0 Å². The van der Waals surface area contributed by atoms with Crippen molar-refractivity contribution >= 4 is 11.7 Å². The summed E-state index contributed by atoms with van der Waals surface area (Å²) in [5.74, 6) is -1.46. The third kappa shape index (κ3) is 4.86. The Balaban J connectivity index is 2.55. The fourth-order valence-corrected chi connectivity index (χ4v) is 3.25. The maximum Gasteiger partial charge on any atom is 0.227 e. The van der Waals surface area contributed by atoms with Gasteiger partial charge in [0, 0.05) is 25.3 Å². The van der Waals surface area contributed by atoms with Gasteiger partial charge in [-0.1, -0.05) is 6.92 Å². The van der Waals surface area contributed by atoms with E-state index in [-0.39, 0.29) is 23.0 Å². The number of rotatable bonds is 9. The van der Waals surface area contributed by atoms with Gasteiger partial charge in [-0.2, -0.15) is 0 Å². The molecule has 2 aromatic rings. The molecule has 0 radical (unpaired) electrons. The smallest absolute Gasteiger partial charge is 0.227 e. The second-order valence-electron chi connectivity index (χ2n) is 6.60.